The number of hydrogen-bond donors (Lipinski definition) is 1. The molecule has 6 nitrogen and oxygen atoms in total. The minimum Gasteiger partial charge on any atom is -0.496 e. The fourth-order valence-electron chi connectivity index (χ4n) is 2.72. The van der Waals surface area contributed by atoms with E-state index in [1.165, 1.54) is 6.08 Å². The van der Waals surface area contributed by atoms with Gasteiger partial charge in [0.15, 0.2) is 6.61 Å². The van der Waals surface area contributed by atoms with Gasteiger partial charge in [0, 0.05) is 17.3 Å². The molecule has 3 aromatic rings. The van der Waals surface area contributed by atoms with Crippen molar-refractivity contribution in [2.75, 3.05) is 19.0 Å². The van der Waals surface area contributed by atoms with Crippen molar-refractivity contribution < 1.29 is 23.8 Å². The molecular weight excluding hydrogens is 394 g/mol. The van der Waals surface area contributed by atoms with Crippen LogP contribution in [-0.4, -0.2) is 25.6 Å². The lowest BCUT2D eigenvalue weighted by Gasteiger charge is -2.08. The highest BCUT2D eigenvalue weighted by molar-refractivity contribution is 5.94. The topological polar surface area (TPSA) is 73.9 Å². The number of hydrogen-bond acceptors (Lipinski definition) is 5. The number of rotatable bonds is 9. The summed E-state index contributed by atoms with van der Waals surface area (Å²) in [5.41, 5.74) is 2.39. The van der Waals surface area contributed by atoms with Crippen LogP contribution in [0, 0.1) is 0 Å². The predicted octanol–water partition coefficient (Wildman–Crippen LogP) is 4.47. The monoisotopic (exact) mass is 417 g/mol. The van der Waals surface area contributed by atoms with Gasteiger partial charge in [0.25, 0.3) is 5.91 Å². The van der Waals surface area contributed by atoms with Crippen LogP contribution in [0.15, 0.2) is 84.9 Å². The summed E-state index contributed by atoms with van der Waals surface area (Å²) in [6.45, 7) is 0.0756. The molecule has 3 aromatic carbocycles. The molecule has 3 rings (SSSR count). The second-order valence-corrected chi connectivity index (χ2v) is 6.53. The van der Waals surface area contributed by atoms with Crippen LogP contribution in [0.5, 0.6) is 11.5 Å². The Hall–Kier alpha value is -4.06. The first-order chi connectivity index (χ1) is 15.1. The molecule has 0 saturated carbocycles. The van der Waals surface area contributed by atoms with Crippen molar-refractivity contribution >= 4 is 23.6 Å². The first-order valence-electron chi connectivity index (χ1n) is 9.68. The van der Waals surface area contributed by atoms with Gasteiger partial charge in [0.05, 0.1) is 7.11 Å². The van der Waals surface area contributed by atoms with Crippen molar-refractivity contribution in [2.45, 2.75) is 6.61 Å². The van der Waals surface area contributed by atoms with Gasteiger partial charge >= 0.3 is 5.97 Å². The van der Waals surface area contributed by atoms with E-state index in [1.807, 2.05) is 48.5 Å². The van der Waals surface area contributed by atoms with Gasteiger partial charge in [-0.3, -0.25) is 4.79 Å². The number of methoxy groups -OCH3 is 1. The molecular formula is C25H23NO5. The van der Waals surface area contributed by atoms with Crippen molar-refractivity contribution in [1.29, 1.82) is 0 Å². The molecule has 0 fully saturated rings. The number of carbonyl (C=O) groups excluding carboxylic acids is 2. The van der Waals surface area contributed by atoms with Gasteiger partial charge in [-0.15, -0.1) is 0 Å². The molecule has 0 unspecified atom stereocenters. The number of anilines is 1. The molecule has 31 heavy (non-hydrogen) atoms. The second-order valence-electron chi connectivity index (χ2n) is 6.53. The van der Waals surface area contributed by atoms with E-state index in [1.54, 1.807) is 43.5 Å². The second kappa shape index (κ2) is 11.2. The zero-order chi connectivity index (χ0) is 21.9. The fraction of sp³-hybridized carbons (Fsp3) is 0.120. The lowest BCUT2D eigenvalue weighted by Crippen LogP contribution is -2.20. The van der Waals surface area contributed by atoms with E-state index in [2.05, 4.69) is 5.32 Å². The summed E-state index contributed by atoms with van der Waals surface area (Å²) in [6.07, 6.45) is 2.83. The molecule has 0 aromatic heterocycles. The highest BCUT2D eigenvalue weighted by Crippen LogP contribution is 2.19. The van der Waals surface area contributed by atoms with Crippen LogP contribution in [-0.2, 0) is 20.9 Å². The van der Waals surface area contributed by atoms with Crippen LogP contribution >= 0.6 is 0 Å². The van der Waals surface area contributed by atoms with Gasteiger partial charge in [0.2, 0.25) is 0 Å². The average molecular weight is 417 g/mol. The molecule has 1 amide bonds. The number of para-hydroxylation sites is 1. The Labute approximate surface area is 181 Å². The van der Waals surface area contributed by atoms with E-state index in [4.69, 9.17) is 14.2 Å². The van der Waals surface area contributed by atoms with Crippen LogP contribution in [0.1, 0.15) is 11.1 Å². The molecule has 1 N–H and O–H groups in total. The van der Waals surface area contributed by atoms with Crippen LogP contribution in [0.25, 0.3) is 6.08 Å². The van der Waals surface area contributed by atoms with E-state index in [0.29, 0.717) is 23.8 Å². The molecule has 0 aliphatic rings. The van der Waals surface area contributed by atoms with E-state index in [0.717, 1.165) is 11.1 Å². The third-order valence-corrected chi connectivity index (χ3v) is 4.27. The number of nitrogens with one attached hydrogen (secondary N) is 1. The first-order valence-corrected chi connectivity index (χ1v) is 9.68. The van der Waals surface area contributed by atoms with Crippen molar-refractivity contribution in [3.8, 4) is 11.5 Å². The maximum Gasteiger partial charge on any atom is 0.331 e. The van der Waals surface area contributed by atoms with E-state index >= 15 is 0 Å². The molecule has 6 heteroatoms. The van der Waals surface area contributed by atoms with Gasteiger partial charge in [-0.2, -0.15) is 0 Å². The van der Waals surface area contributed by atoms with Crippen molar-refractivity contribution in [2.24, 2.45) is 0 Å². The molecule has 0 aliphatic heterocycles. The molecule has 0 bridgehead atoms. The maximum atomic E-state index is 12.0. The zero-order valence-corrected chi connectivity index (χ0v) is 17.1. The van der Waals surface area contributed by atoms with E-state index in [9.17, 15) is 9.59 Å². The molecule has 0 aliphatic carbocycles. The number of ether oxygens (including phenoxy) is 3. The third kappa shape index (κ3) is 7.04. The molecule has 0 heterocycles. The lowest BCUT2D eigenvalue weighted by molar-refractivity contribution is -0.142. The van der Waals surface area contributed by atoms with Crippen molar-refractivity contribution in [3.05, 3.63) is 96.1 Å². The molecule has 0 atom stereocenters. The van der Waals surface area contributed by atoms with Gasteiger partial charge < -0.3 is 19.5 Å². The Morgan fingerprint density at radius 1 is 0.903 bits per heavy atom. The van der Waals surface area contributed by atoms with E-state index in [-0.39, 0.29) is 6.61 Å². The summed E-state index contributed by atoms with van der Waals surface area (Å²) in [6, 6.07) is 24.1. The Balaban J connectivity index is 1.42. The third-order valence-electron chi connectivity index (χ3n) is 4.27. The summed E-state index contributed by atoms with van der Waals surface area (Å²) >= 11 is 0. The van der Waals surface area contributed by atoms with Crippen LogP contribution < -0.4 is 14.8 Å². The number of carbonyl (C=O) groups is 2. The van der Waals surface area contributed by atoms with Crippen molar-refractivity contribution in [3.63, 3.8) is 0 Å². The Kier molecular flexibility index (Phi) is 7.83. The largest absolute Gasteiger partial charge is 0.496 e. The van der Waals surface area contributed by atoms with Crippen LogP contribution in [0.3, 0.4) is 0 Å². The Bertz CT molecular complexity index is 1030. The molecule has 0 spiro atoms. The highest BCUT2D eigenvalue weighted by atomic mass is 16.5. The smallest absolute Gasteiger partial charge is 0.331 e. The Morgan fingerprint density at radius 3 is 2.35 bits per heavy atom. The first kappa shape index (κ1) is 21.6. The van der Waals surface area contributed by atoms with Crippen LogP contribution in [0.2, 0.25) is 0 Å². The number of esters is 1. The number of amides is 1. The van der Waals surface area contributed by atoms with Gasteiger partial charge in [-0.25, -0.2) is 4.79 Å². The summed E-state index contributed by atoms with van der Waals surface area (Å²) in [5, 5.41) is 2.67. The summed E-state index contributed by atoms with van der Waals surface area (Å²) in [5.74, 6) is 0.276. The standard InChI is InChI=1S/C25H23NO5/c1-29-23-10-6-5-9-20(23)11-16-25(28)31-18-24(27)26-21-12-14-22(15-13-21)30-17-19-7-3-2-4-8-19/h2-16H,17-18H2,1H3,(H,26,27)/b16-11+. The minimum atomic E-state index is -0.620. The fourth-order valence-corrected chi connectivity index (χ4v) is 2.72. The highest BCUT2D eigenvalue weighted by Gasteiger charge is 2.07. The van der Waals surface area contributed by atoms with Gasteiger partial charge in [-0.1, -0.05) is 48.5 Å². The SMILES string of the molecule is COc1ccccc1/C=C/C(=O)OCC(=O)Nc1ccc(OCc2ccccc2)cc1. The predicted molar refractivity (Wildman–Crippen MR) is 119 cm³/mol. The average Bonchev–Trinajstić information content (AvgIpc) is 2.82. The quantitative estimate of drug-likeness (QED) is 0.411. The van der Waals surface area contributed by atoms with Crippen molar-refractivity contribution in [1.82, 2.24) is 0 Å². The molecule has 0 saturated heterocycles. The molecule has 0 radical (unpaired) electrons. The Morgan fingerprint density at radius 2 is 1.61 bits per heavy atom. The van der Waals surface area contributed by atoms with E-state index < -0.39 is 11.9 Å². The summed E-state index contributed by atoms with van der Waals surface area (Å²) in [7, 11) is 1.55. The van der Waals surface area contributed by atoms with Gasteiger partial charge in [-0.05, 0) is 42.0 Å². The molecule has 158 valence electrons. The number of benzene rings is 3. The normalized spacial score (nSPS) is 10.5. The van der Waals surface area contributed by atoms with Gasteiger partial charge in [0.1, 0.15) is 18.1 Å². The van der Waals surface area contributed by atoms with Crippen LogP contribution in [0.4, 0.5) is 5.69 Å². The lowest BCUT2D eigenvalue weighted by atomic mass is 10.2. The minimum absolute atomic E-state index is 0.388. The summed E-state index contributed by atoms with van der Waals surface area (Å²) < 4.78 is 15.9. The maximum absolute atomic E-state index is 12.0. The summed E-state index contributed by atoms with van der Waals surface area (Å²) in [4.78, 5) is 23.9. The zero-order valence-electron chi connectivity index (χ0n) is 17.1.